The zero-order chi connectivity index (χ0) is 30.2. The number of rotatable bonds is 5. The number of fused-ring (bicyclic) bond motifs is 1. The van der Waals surface area contributed by atoms with Gasteiger partial charge in [-0.05, 0) is 62.1 Å². The van der Waals surface area contributed by atoms with Gasteiger partial charge in [-0.25, -0.2) is 19.6 Å². The highest BCUT2D eigenvalue weighted by atomic mass is 19.1. The number of hydrazine groups is 1. The molecule has 0 amide bonds. The van der Waals surface area contributed by atoms with E-state index >= 15 is 0 Å². The number of nitrogens with two attached hydrogens (primary N) is 1. The summed E-state index contributed by atoms with van der Waals surface area (Å²) in [5.41, 5.74) is 5.93. The summed E-state index contributed by atoms with van der Waals surface area (Å²) in [6.45, 7) is 12.2. The second-order valence-corrected chi connectivity index (χ2v) is 10.3. The molecule has 226 valence electrons. The summed E-state index contributed by atoms with van der Waals surface area (Å²) in [7, 11) is 1.92. The van der Waals surface area contributed by atoms with E-state index in [1.54, 1.807) is 24.3 Å². The van der Waals surface area contributed by atoms with Crippen molar-refractivity contribution in [2.24, 2.45) is 12.9 Å². The Morgan fingerprint density at radius 1 is 0.905 bits per heavy atom. The van der Waals surface area contributed by atoms with Gasteiger partial charge in [0, 0.05) is 45.9 Å². The second-order valence-electron chi connectivity index (χ2n) is 10.3. The van der Waals surface area contributed by atoms with E-state index in [9.17, 15) is 8.78 Å². The summed E-state index contributed by atoms with van der Waals surface area (Å²) in [5.74, 6) is 6.99. The zero-order valence-corrected chi connectivity index (χ0v) is 25.1. The van der Waals surface area contributed by atoms with Crippen LogP contribution in [0.25, 0.3) is 11.2 Å². The molecule has 9 nitrogen and oxygen atoms in total. The maximum absolute atomic E-state index is 13.7. The average molecular weight is 581 g/mol. The molecule has 2 saturated heterocycles. The predicted molar refractivity (Wildman–Crippen MR) is 163 cm³/mol. The number of piperazine rings is 1. The number of hydrogen-bond acceptors (Lipinski definition) is 8. The largest absolute Gasteiger partial charge is 0.381 e. The molecule has 4 aromatic rings. The van der Waals surface area contributed by atoms with Crippen molar-refractivity contribution >= 4 is 22.9 Å². The highest BCUT2D eigenvalue weighted by molar-refractivity contribution is 5.85. The molecule has 42 heavy (non-hydrogen) atoms. The van der Waals surface area contributed by atoms with E-state index in [0.717, 1.165) is 41.5 Å². The van der Waals surface area contributed by atoms with Gasteiger partial charge in [0.2, 0.25) is 5.95 Å². The fraction of sp³-hybridized carbons (Fsp3) is 0.452. The molecule has 0 spiro atoms. The normalized spacial score (nSPS) is 17.1. The fourth-order valence-corrected chi connectivity index (χ4v) is 5.37. The van der Waals surface area contributed by atoms with Crippen LogP contribution in [0, 0.1) is 18.6 Å². The van der Waals surface area contributed by atoms with Gasteiger partial charge in [-0.15, -0.1) is 0 Å². The molecule has 11 heteroatoms. The van der Waals surface area contributed by atoms with Crippen LogP contribution in [0.5, 0.6) is 0 Å². The van der Waals surface area contributed by atoms with Gasteiger partial charge in [-0.2, -0.15) is 9.97 Å². The Hall–Kier alpha value is -3.67. The third-order valence-corrected chi connectivity index (χ3v) is 7.55. The Morgan fingerprint density at radius 3 is 1.95 bits per heavy atom. The molecule has 3 N–H and O–H groups in total. The molecular weight excluding hydrogens is 538 g/mol. The predicted octanol–water partition coefficient (Wildman–Crippen LogP) is 5.36. The third-order valence-electron chi connectivity index (χ3n) is 7.55. The molecule has 0 aliphatic carbocycles. The van der Waals surface area contributed by atoms with Crippen LogP contribution in [0.2, 0.25) is 0 Å². The fourth-order valence-electron chi connectivity index (χ4n) is 5.37. The second kappa shape index (κ2) is 14.5. The van der Waals surface area contributed by atoms with Gasteiger partial charge in [0.05, 0.1) is 6.04 Å². The SMILES string of the molecule is C1CCOC1.CC.Cc1nc2c(N3CCN(C(c4ccc(F)cc4)c4ccc(F)cc4)CC3C)nc(NN)nc2n1C. The summed E-state index contributed by atoms with van der Waals surface area (Å²) in [4.78, 5) is 18.4. The van der Waals surface area contributed by atoms with Gasteiger partial charge in [0.25, 0.3) is 0 Å². The van der Waals surface area contributed by atoms with Crippen molar-refractivity contribution in [3.8, 4) is 0 Å². The van der Waals surface area contributed by atoms with Gasteiger partial charge in [0.1, 0.15) is 17.5 Å². The lowest BCUT2D eigenvalue weighted by Crippen LogP contribution is -2.53. The Bertz CT molecular complexity index is 1370. The van der Waals surface area contributed by atoms with E-state index in [2.05, 4.69) is 32.1 Å². The topological polar surface area (TPSA) is 97.4 Å². The van der Waals surface area contributed by atoms with Crippen LogP contribution in [-0.2, 0) is 11.8 Å². The Balaban J connectivity index is 0.000000516. The van der Waals surface area contributed by atoms with Crippen molar-refractivity contribution < 1.29 is 13.5 Å². The molecule has 2 aromatic heterocycles. The smallest absolute Gasteiger partial charge is 0.241 e. The standard InChI is InChI=1S/C25H28F2N8.C4H8O.C2H6/c1-15-14-34(22(17-4-8-19(26)9-5-17)18-6-10-20(27)11-7-18)12-13-35(15)24-21-23(30-25(31-24)32-28)33(3)16(2)29-21;1-2-4-5-3-1;1-2/h4-11,15,22H,12-14,28H2,1-3H3,(H,30,31,32);1-4H2;1-2H3. The van der Waals surface area contributed by atoms with Crippen LogP contribution in [0.4, 0.5) is 20.5 Å². The molecular formula is C31H42F2N8O. The highest BCUT2D eigenvalue weighted by Crippen LogP contribution is 2.34. The molecule has 6 rings (SSSR count). The number of halogens is 2. The van der Waals surface area contributed by atoms with Crippen molar-refractivity contribution in [2.75, 3.05) is 43.2 Å². The summed E-state index contributed by atoms with van der Waals surface area (Å²) in [6, 6.07) is 13.0. The molecule has 2 fully saturated rings. The summed E-state index contributed by atoms with van der Waals surface area (Å²) >= 11 is 0. The number of nitrogens with zero attached hydrogens (tertiary/aromatic N) is 6. The Morgan fingerprint density at radius 2 is 1.48 bits per heavy atom. The Labute approximate surface area is 246 Å². The minimum Gasteiger partial charge on any atom is -0.381 e. The summed E-state index contributed by atoms with van der Waals surface area (Å²) in [5, 5.41) is 0. The van der Waals surface area contributed by atoms with E-state index < -0.39 is 0 Å². The monoisotopic (exact) mass is 580 g/mol. The first kappa shape index (κ1) is 31.3. The minimum absolute atomic E-state index is 0.0817. The number of hydrogen-bond donors (Lipinski definition) is 2. The maximum atomic E-state index is 13.7. The van der Waals surface area contributed by atoms with Gasteiger partial charge in [-0.3, -0.25) is 10.3 Å². The number of anilines is 2. The lowest BCUT2D eigenvalue weighted by molar-refractivity contribution is 0.187. The van der Waals surface area contributed by atoms with Crippen LogP contribution in [-0.4, -0.2) is 63.3 Å². The number of imidazole rings is 1. The molecule has 0 saturated carbocycles. The number of nitrogen functional groups attached to an aromatic ring is 1. The quantitative estimate of drug-likeness (QED) is 0.241. The van der Waals surface area contributed by atoms with Crippen molar-refractivity contribution in [3.05, 3.63) is 77.1 Å². The van der Waals surface area contributed by atoms with E-state index in [1.165, 1.54) is 37.1 Å². The third kappa shape index (κ3) is 7.03. The van der Waals surface area contributed by atoms with Crippen molar-refractivity contribution in [2.45, 2.75) is 52.6 Å². The lowest BCUT2D eigenvalue weighted by Gasteiger charge is -2.44. The highest BCUT2D eigenvalue weighted by Gasteiger charge is 2.32. The summed E-state index contributed by atoms with van der Waals surface area (Å²) in [6.07, 6.45) is 2.56. The molecule has 0 radical (unpaired) electrons. The molecule has 1 atom stereocenters. The zero-order valence-electron chi connectivity index (χ0n) is 25.1. The molecule has 1 unspecified atom stereocenters. The van der Waals surface area contributed by atoms with E-state index in [1.807, 2.05) is 32.4 Å². The van der Waals surface area contributed by atoms with Gasteiger partial charge < -0.3 is 14.2 Å². The van der Waals surface area contributed by atoms with Crippen molar-refractivity contribution in [3.63, 3.8) is 0 Å². The van der Waals surface area contributed by atoms with Crippen LogP contribution >= 0.6 is 0 Å². The first-order valence-electron chi connectivity index (χ1n) is 14.6. The summed E-state index contributed by atoms with van der Waals surface area (Å²) < 4.78 is 34.2. The Kier molecular flexibility index (Phi) is 10.8. The number of ether oxygens (including phenoxy) is 1. The number of aryl methyl sites for hydroxylation is 2. The van der Waals surface area contributed by atoms with Crippen LogP contribution < -0.4 is 16.2 Å². The van der Waals surface area contributed by atoms with Crippen molar-refractivity contribution in [1.82, 2.24) is 24.4 Å². The van der Waals surface area contributed by atoms with E-state index in [-0.39, 0.29) is 23.7 Å². The van der Waals surface area contributed by atoms with Crippen molar-refractivity contribution in [1.29, 1.82) is 0 Å². The van der Waals surface area contributed by atoms with Crippen LogP contribution in [0.15, 0.2) is 48.5 Å². The van der Waals surface area contributed by atoms with E-state index in [4.69, 9.17) is 15.6 Å². The first-order valence-corrected chi connectivity index (χ1v) is 14.6. The van der Waals surface area contributed by atoms with Gasteiger partial charge in [0.15, 0.2) is 17.0 Å². The maximum Gasteiger partial charge on any atom is 0.241 e. The van der Waals surface area contributed by atoms with Crippen LogP contribution in [0.1, 0.15) is 56.6 Å². The molecule has 4 heterocycles. The number of nitrogens with one attached hydrogen (secondary N) is 1. The minimum atomic E-state index is -0.285. The molecule has 2 aliphatic rings. The van der Waals surface area contributed by atoms with Gasteiger partial charge >= 0.3 is 0 Å². The van der Waals surface area contributed by atoms with Gasteiger partial charge in [-0.1, -0.05) is 38.1 Å². The number of benzene rings is 2. The lowest BCUT2D eigenvalue weighted by atomic mass is 9.95. The van der Waals surface area contributed by atoms with Crippen LogP contribution in [0.3, 0.4) is 0 Å². The average Bonchev–Trinajstić information content (AvgIpc) is 3.69. The first-order chi connectivity index (χ1) is 20.4. The molecule has 0 bridgehead atoms. The molecule has 2 aromatic carbocycles. The van der Waals surface area contributed by atoms with E-state index in [0.29, 0.717) is 31.2 Å². The number of aromatic nitrogens is 4. The molecule has 2 aliphatic heterocycles.